The van der Waals surface area contributed by atoms with Crippen LogP contribution in [0, 0.1) is 12.3 Å². The van der Waals surface area contributed by atoms with Gasteiger partial charge in [0.15, 0.2) is 0 Å². The first-order valence-corrected chi connectivity index (χ1v) is 15.2. The Hall–Kier alpha value is -4.96. The molecule has 0 bridgehead atoms. The lowest BCUT2D eigenvalue weighted by molar-refractivity contribution is -0.143. The quantitative estimate of drug-likeness (QED) is 0.159. The summed E-state index contributed by atoms with van der Waals surface area (Å²) in [4.78, 5) is 38.2. The summed E-state index contributed by atoms with van der Waals surface area (Å²) in [6.45, 7) is 6.71. The van der Waals surface area contributed by atoms with Gasteiger partial charge in [-0.25, -0.2) is 18.0 Å². The Morgan fingerprint density at radius 1 is 0.727 bits per heavy atom. The van der Waals surface area contributed by atoms with Crippen LogP contribution in [-0.4, -0.2) is 26.3 Å². The molecular formula is C34H33NO8S. The Morgan fingerprint density at radius 3 is 1.84 bits per heavy atom. The van der Waals surface area contributed by atoms with Gasteiger partial charge in [0.2, 0.25) is 0 Å². The van der Waals surface area contributed by atoms with Gasteiger partial charge in [0.25, 0.3) is 10.0 Å². The second kappa shape index (κ2) is 13.6. The molecule has 0 spiro atoms. The fourth-order valence-corrected chi connectivity index (χ4v) is 5.06. The molecule has 4 aromatic carbocycles. The molecule has 0 amide bonds. The third kappa shape index (κ3) is 8.32. The molecule has 0 aromatic heterocycles. The van der Waals surface area contributed by atoms with Crippen molar-refractivity contribution in [1.29, 1.82) is 0 Å². The minimum absolute atomic E-state index is 0.00696. The molecule has 9 nitrogen and oxygen atoms in total. The molecule has 0 aliphatic carbocycles. The number of benzene rings is 4. The molecule has 44 heavy (non-hydrogen) atoms. The minimum atomic E-state index is -4.28. The van der Waals surface area contributed by atoms with Gasteiger partial charge < -0.3 is 14.2 Å². The summed E-state index contributed by atoms with van der Waals surface area (Å²) < 4.78 is 45.7. The Labute approximate surface area is 256 Å². The number of hydrogen-bond donors (Lipinski definition) is 1. The van der Waals surface area contributed by atoms with Crippen LogP contribution in [0.3, 0.4) is 0 Å². The van der Waals surface area contributed by atoms with Crippen LogP contribution in [-0.2, 0) is 37.5 Å². The predicted octanol–water partition coefficient (Wildman–Crippen LogP) is 6.46. The van der Waals surface area contributed by atoms with Crippen LogP contribution in [0.5, 0.6) is 5.75 Å². The highest BCUT2D eigenvalue weighted by molar-refractivity contribution is 7.92. The zero-order valence-electron chi connectivity index (χ0n) is 24.8. The lowest BCUT2D eigenvalue weighted by atomic mass is 9.97. The molecule has 0 aliphatic heterocycles. The molecule has 0 aliphatic rings. The highest BCUT2D eigenvalue weighted by Gasteiger charge is 2.26. The smallest absolute Gasteiger partial charge is 0.340 e. The van der Waals surface area contributed by atoms with E-state index in [2.05, 4.69) is 4.72 Å². The molecular weight excluding hydrogens is 582 g/mol. The highest BCUT2D eigenvalue weighted by atomic mass is 32.2. The standard InChI is InChI=1S/C34H33NO8S/c1-23-19-27(16-18-30(23)43-33(38)34(2,3)4)44(39,40)35-29-20-26(31(36)41-21-24-11-7-5-8-12-24)15-17-28(29)32(37)42-22-25-13-9-6-10-14-25/h5-20,35H,21-22H2,1-4H3. The van der Waals surface area contributed by atoms with Crippen molar-refractivity contribution in [2.24, 2.45) is 5.41 Å². The van der Waals surface area contributed by atoms with E-state index in [-0.39, 0.29) is 40.7 Å². The number of ether oxygens (including phenoxy) is 3. The Balaban J connectivity index is 1.61. The van der Waals surface area contributed by atoms with Crippen molar-refractivity contribution < 1.29 is 37.0 Å². The van der Waals surface area contributed by atoms with Gasteiger partial charge in [-0.2, -0.15) is 0 Å². The van der Waals surface area contributed by atoms with Crippen LogP contribution in [0.2, 0.25) is 0 Å². The largest absolute Gasteiger partial charge is 0.457 e. The molecule has 228 valence electrons. The SMILES string of the molecule is Cc1cc(S(=O)(=O)Nc2cc(C(=O)OCc3ccccc3)ccc2C(=O)OCc2ccccc2)ccc1OC(=O)C(C)(C)C. The monoisotopic (exact) mass is 615 g/mol. The van der Waals surface area contributed by atoms with Crippen molar-refractivity contribution in [3.05, 3.63) is 125 Å². The predicted molar refractivity (Wildman–Crippen MR) is 165 cm³/mol. The van der Waals surface area contributed by atoms with E-state index < -0.39 is 33.3 Å². The average molecular weight is 616 g/mol. The van der Waals surface area contributed by atoms with Crippen LogP contribution in [0.1, 0.15) is 58.2 Å². The van der Waals surface area contributed by atoms with Gasteiger partial charge in [0, 0.05) is 0 Å². The molecule has 0 saturated carbocycles. The summed E-state index contributed by atoms with van der Waals surface area (Å²) in [5, 5.41) is 0. The molecule has 0 radical (unpaired) electrons. The van der Waals surface area contributed by atoms with E-state index in [1.807, 2.05) is 24.3 Å². The molecule has 0 unspecified atom stereocenters. The van der Waals surface area contributed by atoms with Gasteiger partial charge in [-0.1, -0.05) is 60.7 Å². The summed E-state index contributed by atoms with van der Waals surface area (Å²) in [5.41, 5.74) is 0.929. The van der Waals surface area contributed by atoms with Crippen molar-refractivity contribution in [2.75, 3.05) is 4.72 Å². The third-order valence-electron chi connectivity index (χ3n) is 6.42. The Morgan fingerprint density at radius 2 is 1.30 bits per heavy atom. The number of aryl methyl sites for hydroxylation is 1. The van der Waals surface area contributed by atoms with Crippen molar-refractivity contribution >= 4 is 33.6 Å². The maximum atomic E-state index is 13.5. The van der Waals surface area contributed by atoms with Gasteiger partial charge in [-0.15, -0.1) is 0 Å². The van der Waals surface area contributed by atoms with E-state index in [9.17, 15) is 22.8 Å². The lowest BCUT2D eigenvalue weighted by Crippen LogP contribution is -2.26. The zero-order chi connectivity index (χ0) is 31.9. The number of hydrogen-bond acceptors (Lipinski definition) is 8. The molecule has 1 N–H and O–H groups in total. The van der Waals surface area contributed by atoms with Gasteiger partial charge in [-0.3, -0.25) is 9.52 Å². The number of carbonyl (C=O) groups is 3. The highest BCUT2D eigenvalue weighted by Crippen LogP contribution is 2.28. The number of anilines is 1. The third-order valence-corrected chi connectivity index (χ3v) is 7.78. The van der Waals surface area contributed by atoms with E-state index in [4.69, 9.17) is 14.2 Å². The van der Waals surface area contributed by atoms with Gasteiger partial charge in [-0.05, 0) is 80.8 Å². The van der Waals surface area contributed by atoms with E-state index >= 15 is 0 Å². The van der Waals surface area contributed by atoms with E-state index in [1.54, 1.807) is 64.1 Å². The van der Waals surface area contributed by atoms with Crippen LogP contribution >= 0.6 is 0 Å². The van der Waals surface area contributed by atoms with E-state index in [0.717, 1.165) is 11.1 Å². The van der Waals surface area contributed by atoms with Gasteiger partial charge in [0.1, 0.15) is 19.0 Å². The summed E-state index contributed by atoms with van der Waals surface area (Å²) in [5.74, 6) is -1.75. The van der Waals surface area contributed by atoms with Gasteiger partial charge >= 0.3 is 17.9 Å². The molecule has 0 fully saturated rings. The number of esters is 3. The van der Waals surface area contributed by atoms with Crippen molar-refractivity contribution in [3.63, 3.8) is 0 Å². The number of sulfonamides is 1. The second-order valence-corrected chi connectivity index (χ2v) is 12.7. The van der Waals surface area contributed by atoms with Crippen LogP contribution in [0.4, 0.5) is 5.69 Å². The maximum Gasteiger partial charge on any atom is 0.340 e. The maximum absolute atomic E-state index is 13.5. The summed E-state index contributed by atoms with van der Waals surface area (Å²) in [7, 11) is -4.28. The fourth-order valence-electron chi connectivity index (χ4n) is 3.90. The number of rotatable bonds is 10. The van der Waals surface area contributed by atoms with Crippen LogP contribution < -0.4 is 9.46 Å². The Bertz CT molecular complexity index is 1760. The average Bonchev–Trinajstić information content (AvgIpc) is 3.00. The molecule has 10 heteroatoms. The number of carbonyl (C=O) groups excluding carboxylic acids is 3. The Kier molecular flexibility index (Phi) is 9.85. The van der Waals surface area contributed by atoms with E-state index in [1.165, 1.54) is 36.4 Å². The van der Waals surface area contributed by atoms with Crippen molar-refractivity contribution in [2.45, 2.75) is 45.8 Å². The topological polar surface area (TPSA) is 125 Å². The summed E-state index contributed by atoms with van der Waals surface area (Å²) in [6, 6.07) is 26.0. The molecule has 4 aromatic rings. The zero-order valence-corrected chi connectivity index (χ0v) is 25.6. The lowest BCUT2D eigenvalue weighted by Gasteiger charge is -2.18. The first kappa shape index (κ1) is 32.0. The van der Waals surface area contributed by atoms with E-state index in [0.29, 0.717) is 5.56 Å². The van der Waals surface area contributed by atoms with Crippen molar-refractivity contribution in [1.82, 2.24) is 0 Å². The fraction of sp³-hybridized carbons (Fsp3) is 0.206. The molecule has 0 saturated heterocycles. The minimum Gasteiger partial charge on any atom is -0.457 e. The first-order valence-electron chi connectivity index (χ1n) is 13.8. The normalized spacial score (nSPS) is 11.4. The first-order chi connectivity index (χ1) is 20.8. The molecule has 4 rings (SSSR count). The summed E-state index contributed by atoms with van der Waals surface area (Å²) in [6.07, 6.45) is 0. The van der Waals surface area contributed by atoms with Crippen molar-refractivity contribution in [3.8, 4) is 5.75 Å². The summed E-state index contributed by atoms with van der Waals surface area (Å²) >= 11 is 0. The van der Waals surface area contributed by atoms with Crippen LogP contribution in [0.25, 0.3) is 0 Å². The van der Waals surface area contributed by atoms with Gasteiger partial charge in [0.05, 0.1) is 27.1 Å². The van der Waals surface area contributed by atoms with Crippen LogP contribution in [0.15, 0.2) is 102 Å². The molecule has 0 heterocycles. The second-order valence-electron chi connectivity index (χ2n) is 11.1. The molecule has 0 atom stereocenters. The number of nitrogens with one attached hydrogen (secondary N) is 1.